The van der Waals surface area contributed by atoms with E-state index < -0.39 is 0 Å². The fraction of sp³-hybridized carbons (Fsp3) is 0.375. The molecular formula is C16H19N3O2S. The summed E-state index contributed by atoms with van der Waals surface area (Å²) in [6, 6.07) is 9.59. The Labute approximate surface area is 133 Å². The van der Waals surface area contributed by atoms with Gasteiger partial charge in [-0.3, -0.25) is 4.98 Å². The van der Waals surface area contributed by atoms with Crippen LogP contribution >= 0.6 is 11.8 Å². The van der Waals surface area contributed by atoms with E-state index >= 15 is 0 Å². The van der Waals surface area contributed by atoms with Gasteiger partial charge < -0.3 is 15.3 Å². The zero-order chi connectivity index (χ0) is 15.4. The molecule has 2 N–H and O–H groups in total. The molecule has 116 valence electrons. The third kappa shape index (κ3) is 3.18. The van der Waals surface area contributed by atoms with Crippen molar-refractivity contribution < 1.29 is 9.90 Å². The summed E-state index contributed by atoms with van der Waals surface area (Å²) >= 11 is 1.83. The number of benzene rings is 1. The molecular weight excluding hydrogens is 298 g/mol. The monoisotopic (exact) mass is 317 g/mol. The molecule has 1 aromatic carbocycles. The third-order valence-corrected chi connectivity index (χ3v) is 4.92. The molecule has 5 nitrogen and oxygen atoms in total. The molecule has 0 aliphatic carbocycles. The first-order valence-electron chi connectivity index (χ1n) is 7.39. The predicted molar refractivity (Wildman–Crippen MR) is 90.3 cm³/mol. The number of pyridine rings is 1. The van der Waals surface area contributed by atoms with E-state index in [1.807, 2.05) is 47.0 Å². The van der Waals surface area contributed by atoms with Crippen LogP contribution in [0.2, 0.25) is 0 Å². The van der Waals surface area contributed by atoms with Gasteiger partial charge in [-0.15, -0.1) is 0 Å². The van der Waals surface area contributed by atoms with Crippen LogP contribution in [0.4, 0.5) is 10.5 Å². The number of aromatic nitrogens is 1. The second-order valence-electron chi connectivity index (χ2n) is 5.25. The summed E-state index contributed by atoms with van der Waals surface area (Å²) < 4.78 is 0. The van der Waals surface area contributed by atoms with Crippen molar-refractivity contribution in [1.29, 1.82) is 0 Å². The lowest BCUT2D eigenvalue weighted by Crippen LogP contribution is -2.48. The number of carbonyl (C=O) groups is 1. The van der Waals surface area contributed by atoms with Crippen LogP contribution in [0.25, 0.3) is 10.9 Å². The van der Waals surface area contributed by atoms with Gasteiger partial charge in [0.1, 0.15) is 0 Å². The Balaban J connectivity index is 1.80. The molecule has 0 bridgehead atoms. The minimum Gasteiger partial charge on any atom is -0.396 e. The number of carbonyl (C=O) groups excluding carboxylic acids is 1. The van der Waals surface area contributed by atoms with Crippen molar-refractivity contribution in [1.82, 2.24) is 9.88 Å². The van der Waals surface area contributed by atoms with Gasteiger partial charge in [-0.25, -0.2) is 4.79 Å². The highest BCUT2D eigenvalue weighted by Crippen LogP contribution is 2.23. The first-order chi connectivity index (χ1) is 10.8. The van der Waals surface area contributed by atoms with Crippen molar-refractivity contribution in [3.8, 4) is 0 Å². The molecule has 1 aromatic heterocycles. The standard InChI is InChI=1S/C16H19N3O2S/c20-9-6-13-11-22-10-8-19(13)16(21)18-14-5-1-3-12-4-2-7-17-15(12)14/h1-5,7,13,20H,6,8-11H2,(H,18,21). The third-order valence-electron chi connectivity index (χ3n) is 3.83. The van der Waals surface area contributed by atoms with Gasteiger partial charge in [-0.05, 0) is 18.6 Å². The molecule has 1 saturated heterocycles. The first kappa shape index (κ1) is 15.1. The molecule has 22 heavy (non-hydrogen) atoms. The molecule has 1 aliphatic heterocycles. The number of para-hydroxylation sites is 1. The molecule has 3 rings (SSSR count). The average molecular weight is 317 g/mol. The van der Waals surface area contributed by atoms with Crippen molar-refractivity contribution in [2.24, 2.45) is 0 Å². The van der Waals surface area contributed by atoms with E-state index in [1.54, 1.807) is 6.20 Å². The van der Waals surface area contributed by atoms with E-state index in [2.05, 4.69) is 10.3 Å². The van der Waals surface area contributed by atoms with Crippen LogP contribution in [-0.4, -0.2) is 51.7 Å². The summed E-state index contributed by atoms with van der Waals surface area (Å²) in [6.07, 6.45) is 2.35. The number of hydrogen-bond acceptors (Lipinski definition) is 4. The summed E-state index contributed by atoms with van der Waals surface area (Å²) in [5.74, 6) is 1.81. The number of hydrogen-bond donors (Lipinski definition) is 2. The summed E-state index contributed by atoms with van der Waals surface area (Å²) in [7, 11) is 0. The Morgan fingerprint density at radius 3 is 3.14 bits per heavy atom. The second-order valence-corrected chi connectivity index (χ2v) is 6.40. The van der Waals surface area contributed by atoms with Crippen LogP contribution in [0, 0.1) is 0 Å². The average Bonchev–Trinajstić information content (AvgIpc) is 2.56. The maximum absolute atomic E-state index is 12.6. The zero-order valence-corrected chi connectivity index (χ0v) is 13.1. The van der Waals surface area contributed by atoms with Gasteiger partial charge in [0.05, 0.1) is 11.2 Å². The van der Waals surface area contributed by atoms with Crippen LogP contribution in [0.15, 0.2) is 36.5 Å². The summed E-state index contributed by atoms with van der Waals surface area (Å²) in [5, 5.41) is 13.1. The van der Waals surface area contributed by atoms with E-state index in [0.717, 1.165) is 28.1 Å². The molecule has 0 spiro atoms. The Morgan fingerprint density at radius 2 is 2.27 bits per heavy atom. The fourth-order valence-corrected chi connectivity index (χ4v) is 3.81. The van der Waals surface area contributed by atoms with E-state index in [1.165, 1.54) is 0 Å². The largest absolute Gasteiger partial charge is 0.396 e. The minimum absolute atomic E-state index is 0.0895. The number of nitrogens with one attached hydrogen (secondary N) is 1. The molecule has 1 atom stereocenters. The minimum atomic E-state index is -0.114. The quantitative estimate of drug-likeness (QED) is 0.913. The molecule has 0 saturated carbocycles. The van der Waals surface area contributed by atoms with Gasteiger partial charge in [-0.1, -0.05) is 18.2 Å². The maximum atomic E-state index is 12.6. The molecule has 1 fully saturated rings. The number of urea groups is 1. The van der Waals surface area contributed by atoms with Gasteiger partial charge in [0.15, 0.2) is 0 Å². The Morgan fingerprint density at radius 1 is 1.41 bits per heavy atom. The zero-order valence-electron chi connectivity index (χ0n) is 12.2. The van der Waals surface area contributed by atoms with Gasteiger partial charge >= 0.3 is 6.03 Å². The van der Waals surface area contributed by atoms with Gasteiger partial charge in [0.25, 0.3) is 0 Å². The van der Waals surface area contributed by atoms with Crippen molar-refractivity contribution in [3.63, 3.8) is 0 Å². The topological polar surface area (TPSA) is 65.5 Å². The number of anilines is 1. The van der Waals surface area contributed by atoms with E-state index in [4.69, 9.17) is 0 Å². The second kappa shape index (κ2) is 6.98. The molecule has 1 unspecified atom stereocenters. The SMILES string of the molecule is O=C(Nc1cccc2cccnc12)N1CCSCC1CCO. The van der Waals surface area contributed by atoms with Crippen LogP contribution in [0.5, 0.6) is 0 Å². The molecule has 2 aromatic rings. The maximum Gasteiger partial charge on any atom is 0.322 e. The van der Waals surface area contributed by atoms with Crippen LogP contribution < -0.4 is 5.32 Å². The summed E-state index contributed by atoms with van der Waals surface area (Å²) in [6.45, 7) is 0.810. The van der Waals surface area contributed by atoms with Gasteiger partial charge in [-0.2, -0.15) is 11.8 Å². The van der Waals surface area contributed by atoms with E-state index in [-0.39, 0.29) is 18.7 Å². The van der Waals surface area contributed by atoms with Crippen LogP contribution in [0.1, 0.15) is 6.42 Å². The Hall–Kier alpha value is -1.79. The molecule has 0 radical (unpaired) electrons. The number of fused-ring (bicyclic) bond motifs is 1. The summed E-state index contributed by atoms with van der Waals surface area (Å²) in [5.41, 5.74) is 1.52. The smallest absolute Gasteiger partial charge is 0.322 e. The fourth-order valence-electron chi connectivity index (χ4n) is 2.70. The Bertz CT molecular complexity index is 657. The number of aliphatic hydroxyl groups excluding tert-OH is 1. The number of rotatable bonds is 3. The molecule has 6 heteroatoms. The molecule has 2 amide bonds. The first-order valence-corrected chi connectivity index (χ1v) is 8.55. The number of nitrogens with zero attached hydrogens (tertiary/aromatic N) is 2. The lowest BCUT2D eigenvalue weighted by Gasteiger charge is -2.35. The van der Waals surface area contributed by atoms with Crippen LogP contribution in [-0.2, 0) is 0 Å². The lowest BCUT2D eigenvalue weighted by atomic mass is 10.2. The highest BCUT2D eigenvalue weighted by molar-refractivity contribution is 7.99. The van der Waals surface area contributed by atoms with Crippen molar-refractivity contribution in [2.75, 3.05) is 30.0 Å². The normalized spacial score (nSPS) is 18.4. The van der Waals surface area contributed by atoms with Gasteiger partial charge in [0.2, 0.25) is 0 Å². The molecule has 1 aliphatic rings. The highest BCUT2D eigenvalue weighted by atomic mass is 32.2. The van der Waals surface area contributed by atoms with Crippen molar-refractivity contribution in [3.05, 3.63) is 36.5 Å². The van der Waals surface area contributed by atoms with Crippen molar-refractivity contribution >= 4 is 34.4 Å². The van der Waals surface area contributed by atoms with E-state index in [9.17, 15) is 9.90 Å². The van der Waals surface area contributed by atoms with Gasteiger partial charge in [0, 0.05) is 42.3 Å². The predicted octanol–water partition coefficient (Wildman–Crippen LogP) is 2.57. The number of thioether (sulfide) groups is 1. The Kier molecular flexibility index (Phi) is 4.80. The van der Waals surface area contributed by atoms with E-state index in [0.29, 0.717) is 13.0 Å². The summed E-state index contributed by atoms with van der Waals surface area (Å²) in [4.78, 5) is 18.8. The lowest BCUT2D eigenvalue weighted by molar-refractivity contribution is 0.177. The number of aliphatic hydroxyl groups is 1. The molecule has 2 heterocycles. The number of amides is 2. The highest BCUT2D eigenvalue weighted by Gasteiger charge is 2.26. The van der Waals surface area contributed by atoms with Crippen LogP contribution in [0.3, 0.4) is 0 Å². The van der Waals surface area contributed by atoms with Crippen molar-refractivity contribution in [2.45, 2.75) is 12.5 Å².